The Labute approximate surface area is 332 Å². The molecular formula is C33H58AgCl2IN6O6+2. The second-order valence-electron chi connectivity index (χ2n) is 11.4. The van der Waals surface area contributed by atoms with Gasteiger partial charge in [-0.2, -0.15) is 0 Å². The van der Waals surface area contributed by atoms with E-state index in [-0.39, 0.29) is 67.0 Å². The number of hydrogen-bond acceptors (Lipinski definition) is 6. The van der Waals surface area contributed by atoms with Crippen molar-refractivity contribution in [3.8, 4) is 0 Å². The number of non-ortho nitro benzene ring substituents is 2. The maximum atomic E-state index is 12.4. The number of carbonyl (C=O) groups is 2. The molecule has 0 aliphatic carbocycles. The SMILES string of the molecule is C.CC[N+](CC)(CC)CC(=O)Nc1c(C)cc([N+](=O)[O-])cc1C.CC[N+](CC)(CC)CC(=O)Nc1c(C)cc([N+](=O)[O-])cc1C.Cl.I.[Cl][Ag]. The molecule has 0 aromatic heterocycles. The van der Waals surface area contributed by atoms with Crippen molar-refractivity contribution in [3.05, 3.63) is 66.7 Å². The Balaban J connectivity index is -0.000000371. The third-order valence-corrected chi connectivity index (χ3v) is 8.97. The summed E-state index contributed by atoms with van der Waals surface area (Å²) in [6.45, 7) is 25.9. The first kappa shape index (κ1) is 53.9. The molecule has 49 heavy (non-hydrogen) atoms. The Hall–Kier alpha value is -1.85. The monoisotopic (exact) mass is 938 g/mol. The van der Waals surface area contributed by atoms with Gasteiger partial charge >= 0.3 is 29.2 Å². The molecule has 0 spiro atoms. The number of nitrogens with one attached hydrogen (secondary N) is 2. The predicted molar refractivity (Wildman–Crippen MR) is 211 cm³/mol. The molecule has 0 saturated carbocycles. The van der Waals surface area contributed by atoms with Gasteiger partial charge in [-0.05, 0) is 91.5 Å². The average Bonchev–Trinajstić information content (AvgIpc) is 3.03. The summed E-state index contributed by atoms with van der Waals surface area (Å²) >= 11 is 2.42. The first-order valence-corrected chi connectivity index (χ1v) is 17.4. The number of quaternary nitrogens is 2. The number of aryl methyl sites for hydroxylation is 4. The third kappa shape index (κ3) is 16.4. The van der Waals surface area contributed by atoms with Crippen molar-refractivity contribution in [2.75, 3.05) is 63.0 Å². The van der Waals surface area contributed by atoms with Crippen LogP contribution in [-0.2, 0) is 29.6 Å². The molecule has 286 valence electrons. The fourth-order valence-corrected chi connectivity index (χ4v) is 5.47. The number of nitro benzene ring substituents is 2. The quantitative estimate of drug-likeness (QED) is 0.0640. The zero-order valence-electron chi connectivity index (χ0n) is 29.7. The molecule has 0 saturated heterocycles. The van der Waals surface area contributed by atoms with Gasteiger partial charge in [0.15, 0.2) is 13.1 Å². The van der Waals surface area contributed by atoms with Crippen molar-refractivity contribution in [1.29, 1.82) is 0 Å². The van der Waals surface area contributed by atoms with Gasteiger partial charge < -0.3 is 19.6 Å². The summed E-state index contributed by atoms with van der Waals surface area (Å²) in [6.07, 6.45) is 0. The first-order valence-electron chi connectivity index (χ1n) is 15.5. The molecule has 0 aliphatic heterocycles. The van der Waals surface area contributed by atoms with Crippen LogP contribution in [0.3, 0.4) is 0 Å². The summed E-state index contributed by atoms with van der Waals surface area (Å²) in [5, 5.41) is 27.6. The minimum absolute atomic E-state index is 0. The van der Waals surface area contributed by atoms with Gasteiger partial charge in [-0.1, -0.05) is 7.43 Å². The van der Waals surface area contributed by atoms with E-state index in [9.17, 15) is 29.8 Å². The van der Waals surface area contributed by atoms with Crippen LogP contribution >= 0.6 is 45.6 Å². The first-order chi connectivity index (χ1) is 21.6. The van der Waals surface area contributed by atoms with E-state index in [2.05, 4.69) is 81.4 Å². The van der Waals surface area contributed by atoms with Crippen LogP contribution in [0.5, 0.6) is 0 Å². The summed E-state index contributed by atoms with van der Waals surface area (Å²) in [4.78, 5) is 45.6. The topological polar surface area (TPSA) is 144 Å². The number of amides is 2. The molecule has 0 radical (unpaired) electrons. The van der Waals surface area contributed by atoms with Gasteiger partial charge in [-0.25, -0.2) is 0 Å². The molecule has 0 aliphatic rings. The number of anilines is 2. The number of carbonyl (C=O) groups excluding carboxylic acids is 2. The van der Waals surface area contributed by atoms with Crippen molar-refractivity contribution in [3.63, 3.8) is 0 Å². The van der Waals surface area contributed by atoms with E-state index in [0.29, 0.717) is 46.7 Å². The Kier molecular flexibility index (Phi) is 28.6. The summed E-state index contributed by atoms with van der Waals surface area (Å²) < 4.78 is 1.47. The number of benzene rings is 2. The molecule has 0 bridgehead atoms. The second-order valence-corrected chi connectivity index (χ2v) is 11.4. The van der Waals surface area contributed by atoms with E-state index >= 15 is 0 Å². The molecule has 16 heteroatoms. The molecule has 12 nitrogen and oxygen atoms in total. The number of halogens is 3. The van der Waals surface area contributed by atoms with E-state index in [1.54, 1.807) is 27.7 Å². The van der Waals surface area contributed by atoms with Gasteiger partial charge in [0.25, 0.3) is 23.2 Å². The van der Waals surface area contributed by atoms with Crippen molar-refractivity contribution >= 4 is 80.1 Å². The Morgan fingerprint density at radius 1 is 0.633 bits per heavy atom. The molecular weight excluding hydrogens is 882 g/mol. The van der Waals surface area contributed by atoms with Gasteiger partial charge in [0, 0.05) is 35.6 Å². The molecule has 0 unspecified atom stereocenters. The Morgan fingerprint density at radius 3 is 1.00 bits per heavy atom. The summed E-state index contributed by atoms with van der Waals surface area (Å²) in [6, 6.07) is 5.96. The Morgan fingerprint density at radius 2 is 0.837 bits per heavy atom. The van der Waals surface area contributed by atoms with Crippen molar-refractivity contribution < 1.29 is 48.4 Å². The van der Waals surface area contributed by atoms with Gasteiger partial charge in [-0.15, -0.1) is 36.4 Å². The van der Waals surface area contributed by atoms with Gasteiger partial charge in [0.1, 0.15) is 0 Å². The number of nitro groups is 2. The van der Waals surface area contributed by atoms with Crippen molar-refractivity contribution in [2.45, 2.75) is 76.7 Å². The van der Waals surface area contributed by atoms with Crippen LogP contribution in [0.2, 0.25) is 0 Å². The zero-order chi connectivity index (χ0) is 35.8. The number of likely N-dealkylation sites (N-methyl/N-ethyl adjacent to an activating group) is 2. The normalized spacial score (nSPS) is 10.3. The second kappa shape index (κ2) is 26.0. The summed E-state index contributed by atoms with van der Waals surface area (Å²) in [5.41, 5.74) is 4.30. The standard InChI is InChI=1S/2C16H25N3O3.CH4.Ag.2ClH.HI/c2*1-6-19(7-2,8-3)11-15(20)17-16-12(4)9-14(18(21)22)10-13(16)5;;;;;/h2*9-10H,6-8,11H2,1-5H3;1H4;;3*1H/q;;;+1;;;/p+1. The molecule has 2 N–H and O–H groups in total. The molecule has 2 amide bonds. The van der Waals surface area contributed by atoms with Crippen molar-refractivity contribution in [1.82, 2.24) is 0 Å². The fraction of sp³-hybridized carbons (Fsp3) is 0.576. The van der Waals surface area contributed by atoms with Crippen LogP contribution in [0.25, 0.3) is 0 Å². The van der Waals surface area contributed by atoms with Crippen LogP contribution in [-0.4, -0.2) is 83.0 Å². The van der Waals surface area contributed by atoms with Gasteiger partial charge in [0.2, 0.25) is 0 Å². The van der Waals surface area contributed by atoms with E-state index in [1.165, 1.54) is 24.3 Å². The molecule has 2 rings (SSSR count). The van der Waals surface area contributed by atoms with Crippen LogP contribution in [0.4, 0.5) is 22.7 Å². The summed E-state index contributed by atoms with van der Waals surface area (Å²) in [7, 11) is 4.45. The van der Waals surface area contributed by atoms with E-state index < -0.39 is 9.85 Å². The maximum absolute atomic E-state index is 12.4. The summed E-state index contributed by atoms with van der Waals surface area (Å²) in [5.74, 6) is -0.101. The molecule has 2 aromatic rings. The molecule has 0 fully saturated rings. The number of nitrogens with zero attached hydrogens (tertiary/aromatic N) is 4. The van der Waals surface area contributed by atoms with E-state index in [1.807, 2.05) is 0 Å². The molecule has 0 heterocycles. The third-order valence-electron chi connectivity index (χ3n) is 8.97. The fourth-order valence-electron chi connectivity index (χ4n) is 5.47. The zero-order valence-corrected chi connectivity index (χ0v) is 35.1. The molecule has 2 aromatic carbocycles. The van der Waals surface area contributed by atoms with E-state index in [0.717, 1.165) is 48.2 Å². The molecule has 0 atom stereocenters. The van der Waals surface area contributed by atoms with E-state index in [4.69, 9.17) is 0 Å². The van der Waals surface area contributed by atoms with Crippen LogP contribution in [0.1, 0.15) is 71.2 Å². The van der Waals surface area contributed by atoms with Gasteiger partial charge in [-0.3, -0.25) is 29.8 Å². The predicted octanol–water partition coefficient (Wildman–Crippen LogP) is 8.42. The van der Waals surface area contributed by atoms with Crippen LogP contribution in [0.15, 0.2) is 24.3 Å². The van der Waals surface area contributed by atoms with Gasteiger partial charge in [0.05, 0.1) is 49.1 Å². The number of rotatable bonds is 14. The van der Waals surface area contributed by atoms with Crippen LogP contribution in [0, 0.1) is 47.9 Å². The van der Waals surface area contributed by atoms with Crippen LogP contribution < -0.4 is 10.6 Å². The Bertz CT molecular complexity index is 1200. The number of hydrogen-bond donors (Lipinski definition) is 2. The van der Waals surface area contributed by atoms with Crippen molar-refractivity contribution in [2.24, 2.45) is 0 Å². The minimum atomic E-state index is -0.418. The average molecular weight is 941 g/mol.